The molecule has 0 atom stereocenters. The first kappa shape index (κ1) is 23.5. The largest absolute Gasteiger partial charge is 0.477 e. The van der Waals surface area contributed by atoms with Gasteiger partial charge in [0.15, 0.2) is 12.4 Å². The number of nitro groups is 1. The Morgan fingerprint density at radius 1 is 1.09 bits per heavy atom. The topological polar surface area (TPSA) is 131 Å². The van der Waals surface area contributed by atoms with E-state index in [2.05, 4.69) is 10.7 Å². The van der Waals surface area contributed by atoms with Crippen molar-refractivity contribution < 1.29 is 24.0 Å². The number of rotatable bonds is 7. The normalized spacial score (nSPS) is 14.1. The van der Waals surface area contributed by atoms with Crippen molar-refractivity contribution in [1.29, 1.82) is 0 Å². The molecule has 176 valence electrons. The Kier molecular flexibility index (Phi) is 6.74. The summed E-state index contributed by atoms with van der Waals surface area (Å²) in [4.78, 5) is 48.1. The van der Waals surface area contributed by atoms with Gasteiger partial charge in [0, 0.05) is 16.8 Å². The average Bonchev–Trinajstić information content (AvgIpc) is 3.13. The van der Waals surface area contributed by atoms with E-state index >= 15 is 0 Å². The quantitative estimate of drug-likeness (QED) is 0.224. The molecule has 10 nitrogen and oxygen atoms in total. The molecule has 0 bridgehead atoms. The monoisotopic (exact) mass is 492 g/mol. The number of hydrazine groups is 1. The van der Waals surface area contributed by atoms with Crippen molar-refractivity contribution >= 4 is 52.5 Å². The third-order valence-electron chi connectivity index (χ3n) is 4.88. The molecule has 3 aromatic rings. The molecule has 4 rings (SSSR count). The maximum atomic E-state index is 12.7. The standard InChI is InChI=1S/C24H17ClN4O6/c25-16-7-9-17(10-8-16)26-22(30)14-35-21-11-6-15(13-20(21)29(33)34)12-19-23(31)27-28(24(19)32)18-4-2-1-3-5-18/h1-13H,14H2,(H,26,30)(H,27,31)/b19-12-. The van der Waals surface area contributed by atoms with Crippen LogP contribution in [-0.4, -0.2) is 29.3 Å². The average molecular weight is 493 g/mol. The lowest BCUT2D eigenvalue weighted by Crippen LogP contribution is -2.35. The van der Waals surface area contributed by atoms with Crippen molar-refractivity contribution in [2.75, 3.05) is 16.9 Å². The van der Waals surface area contributed by atoms with Crippen molar-refractivity contribution in [3.05, 3.63) is 99.1 Å². The van der Waals surface area contributed by atoms with Crippen LogP contribution < -0.4 is 20.5 Å². The Balaban J connectivity index is 1.49. The van der Waals surface area contributed by atoms with Crippen molar-refractivity contribution in [3.8, 4) is 5.75 Å². The Labute approximate surface area is 203 Å². The van der Waals surface area contributed by atoms with Gasteiger partial charge >= 0.3 is 5.69 Å². The summed E-state index contributed by atoms with van der Waals surface area (Å²) in [6.45, 7) is -0.475. The van der Waals surface area contributed by atoms with Crippen LogP contribution in [0.5, 0.6) is 5.75 Å². The molecule has 0 spiro atoms. The fourth-order valence-corrected chi connectivity index (χ4v) is 3.37. The molecule has 2 N–H and O–H groups in total. The molecule has 0 saturated carbocycles. The van der Waals surface area contributed by atoms with E-state index in [0.29, 0.717) is 16.4 Å². The zero-order valence-electron chi connectivity index (χ0n) is 17.9. The number of halogens is 1. The van der Waals surface area contributed by atoms with E-state index in [1.807, 2.05) is 0 Å². The number of amides is 3. The van der Waals surface area contributed by atoms with Crippen LogP contribution in [0.4, 0.5) is 17.1 Å². The number of carbonyl (C=O) groups excluding carboxylic acids is 3. The summed E-state index contributed by atoms with van der Waals surface area (Å²) in [6, 6.07) is 18.8. The van der Waals surface area contributed by atoms with E-state index in [0.717, 1.165) is 11.1 Å². The van der Waals surface area contributed by atoms with Gasteiger partial charge in [0.05, 0.1) is 10.6 Å². The van der Waals surface area contributed by atoms with Crippen LogP contribution in [0.1, 0.15) is 5.56 Å². The highest BCUT2D eigenvalue weighted by Crippen LogP contribution is 2.30. The van der Waals surface area contributed by atoms with E-state index < -0.39 is 34.9 Å². The Morgan fingerprint density at radius 3 is 2.49 bits per heavy atom. The molecule has 1 aliphatic heterocycles. The van der Waals surface area contributed by atoms with Crippen molar-refractivity contribution in [3.63, 3.8) is 0 Å². The van der Waals surface area contributed by atoms with Gasteiger partial charge in [0.25, 0.3) is 17.7 Å². The van der Waals surface area contributed by atoms with Gasteiger partial charge in [-0.05, 0) is 54.1 Å². The van der Waals surface area contributed by atoms with Crippen LogP contribution in [0.3, 0.4) is 0 Å². The zero-order chi connectivity index (χ0) is 24.9. The minimum absolute atomic E-state index is 0.142. The molecule has 3 amide bonds. The molecule has 1 heterocycles. The summed E-state index contributed by atoms with van der Waals surface area (Å²) in [5.41, 5.74) is 3.05. The van der Waals surface area contributed by atoms with E-state index in [9.17, 15) is 24.5 Å². The third-order valence-corrected chi connectivity index (χ3v) is 5.14. The van der Waals surface area contributed by atoms with E-state index in [4.69, 9.17) is 16.3 Å². The summed E-state index contributed by atoms with van der Waals surface area (Å²) in [7, 11) is 0. The second kappa shape index (κ2) is 10.1. The first-order chi connectivity index (χ1) is 16.8. The predicted molar refractivity (Wildman–Crippen MR) is 129 cm³/mol. The van der Waals surface area contributed by atoms with Gasteiger partial charge in [-0.2, -0.15) is 0 Å². The number of carbonyl (C=O) groups is 3. The van der Waals surface area contributed by atoms with Gasteiger partial charge in [-0.25, -0.2) is 5.01 Å². The number of nitrogens with one attached hydrogen (secondary N) is 2. The SMILES string of the molecule is O=C(COc1ccc(/C=C2/C(=O)NN(c3ccccc3)C2=O)cc1[N+](=O)[O-])Nc1ccc(Cl)cc1. The molecule has 11 heteroatoms. The molecule has 0 aromatic heterocycles. The second-order valence-electron chi connectivity index (χ2n) is 7.30. The van der Waals surface area contributed by atoms with E-state index in [1.165, 1.54) is 18.2 Å². The lowest BCUT2D eigenvalue weighted by Gasteiger charge is -2.13. The fourth-order valence-electron chi connectivity index (χ4n) is 3.25. The maximum Gasteiger partial charge on any atom is 0.311 e. The summed E-state index contributed by atoms with van der Waals surface area (Å²) in [6.07, 6.45) is 1.25. The number of hydrogen-bond acceptors (Lipinski definition) is 6. The molecule has 1 aliphatic rings. The number of benzene rings is 3. The van der Waals surface area contributed by atoms with Crippen LogP contribution in [0, 0.1) is 10.1 Å². The maximum absolute atomic E-state index is 12.7. The summed E-state index contributed by atoms with van der Waals surface area (Å²) < 4.78 is 5.34. The zero-order valence-corrected chi connectivity index (χ0v) is 18.7. The lowest BCUT2D eigenvalue weighted by molar-refractivity contribution is -0.385. The van der Waals surface area contributed by atoms with Gasteiger partial charge in [-0.15, -0.1) is 0 Å². The first-order valence-electron chi connectivity index (χ1n) is 10.2. The summed E-state index contributed by atoms with van der Waals surface area (Å²) in [5.74, 6) is -1.90. The first-order valence-corrected chi connectivity index (χ1v) is 10.6. The molecule has 1 fully saturated rings. The van der Waals surface area contributed by atoms with Crippen LogP contribution in [0.2, 0.25) is 5.02 Å². The smallest absolute Gasteiger partial charge is 0.311 e. The number of hydrogen-bond donors (Lipinski definition) is 2. The second-order valence-corrected chi connectivity index (χ2v) is 7.74. The molecule has 3 aromatic carbocycles. The highest BCUT2D eigenvalue weighted by Gasteiger charge is 2.34. The van der Waals surface area contributed by atoms with E-state index in [1.54, 1.807) is 54.6 Å². The number of para-hydroxylation sites is 1. The molecular weight excluding hydrogens is 476 g/mol. The van der Waals surface area contributed by atoms with Gasteiger partial charge in [-0.1, -0.05) is 35.9 Å². The molecule has 0 aliphatic carbocycles. The van der Waals surface area contributed by atoms with Gasteiger partial charge in [0.1, 0.15) is 5.57 Å². The lowest BCUT2D eigenvalue weighted by atomic mass is 10.1. The summed E-state index contributed by atoms with van der Waals surface area (Å²) in [5, 5.41) is 15.8. The number of nitro benzene ring substituents is 1. The molecular formula is C24H17ClN4O6. The fraction of sp³-hybridized carbons (Fsp3) is 0.0417. The van der Waals surface area contributed by atoms with Gasteiger partial charge < -0.3 is 10.1 Å². The van der Waals surface area contributed by atoms with Gasteiger partial charge in [0.2, 0.25) is 0 Å². The highest BCUT2D eigenvalue weighted by atomic mass is 35.5. The summed E-state index contributed by atoms with van der Waals surface area (Å²) >= 11 is 5.81. The number of nitrogens with zero attached hydrogens (tertiary/aromatic N) is 2. The van der Waals surface area contributed by atoms with Crippen LogP contribution >= 0.6 is 11.6 Å². The molecule has 35 heavy (non-hydrogen) atoms. The van der Waals surface area contributed by atoms with Crippen LogP contribution in [0.15, 0.2) is 78.4 Å². The Morgan fingerprint density at radius 2 is 1.80 bits per heavy atom. The van der Waals surface area contributed by atoms with Crippen molar-refractivity contribution in [2.45, 2.75) is 0 Å². The Bertz CT molecular complexity index is 1340. The van der Waals surface area contributed by atoms with Crippen molar-refractivity contribution in [2.24, 2.45) is 0 Å². The molecule has 0 radical (unpaired) electrons. The predicted octanol–water partition coefficient (Wildman–Crippen LogP) is 3.73. The third kappa shape index (κ3) is 5.45. The van der Waals surface area contributed by atoms with Crippen LogP contribution in [-0.2, 0) is 14.4 Å². The van der Waals surface area contributed by atoms with Crippen molar-refractivity contribution in [1.82, 2.24) is 5.43 Å². The Hall–Kier alpha value is -4.70. The minimum atomic E-state index is -0.679. The number of anilines is 2. The van der Waals surface area contributed by atoms with Crippen LogP contribution in [0.25, 0.3) is 6.08 Å². The number of ether oxygens (including phenoxy) is 1. The van der Waals surface area contributed by atoms with Gasteiger partial charge in [-0.3, -0.25) is 29.9 Å². The minimum Gasteiger partial charge on any atom is -0.477 e. The van der Waals surface area contributed by atoms with E-state index in [-0.39, 0.29) is 16.9 Å². The molecule has 1 saturated heterocycles. The highest BCUT2D eigenvalue weighted by molar-refractivity contribution is 6.31. The molecule has 0 unspecified atom stereocenters.